The average Bonchev–Trinajstić information content (AvgIpc) is 3.10. The van der Waals surface area contributed by atoms with Gasteiger partial charge in [-0.1, -0.05) is 18.2 Å². The standard InChI is InChI=1S/C24H31NO6/c1-15(26)28-11-3-4-12-29-20-8-6-17-18-13-16-5-7-19(30-14-27-2)22-21(16)24(17,9-10-25-18)23(20)31-22/h5-8,17-18,20,23,25H,3-4,9-14H2,1-2H3/t17-,18+,20?,23?,24-/m0/s1. The van der Waals surface area contributed by atoms with Crippen molar-refractivity contribution in [2.75, 3.05) is 33.7 Å². The van der Waals surface area contributed by atoms with Gasteiger partial charge in [-0.25, -0.2) is 0 Å². The SMILES string of the molecule is COCOc1ccc2c3c1OC1C(OCCCCOC(C)=O)C=C[C@H]4[C@@H](C2)NCC[C@]314. The largest absolute Gasteiger partial charge is 0.482 e. The van der Waals surface area contributed by atoms with Crippen molar-refractivity contribution in [2.24, 2.45) is 5.92 Å². The molecule has 2 unspecified atom stereocenters. The zero-order valence-corrected chi connectivity index (χ0v) is 18.2. The van der Waals surface area contributed by atoms with E-state index in [1.807, 2.05) is 6.07 Å². The number of hydrogen-bond donors (Lipinski definition) is 1. The van der Waals surface area contributed by atoms with Gasteiger partial charge < -0.3 is 29.0 Å². The normalized spacial score (nSPS) is 31.7. The van der Waals surface area contributed by atoms with Gasteiger partial charge in [0.05, 0.1) is 6.61 Å². The topological polar surface area (TPSA) is 75.2 Å². The van der Waals surface area contributed by atoms with E-state index in [-0.39, 0.29) is 30.4 Å². The maximum absolute atomic E-state index is 10.9. The van der Waals surface area contributed by atoms with Crippen molar-refractivity contribution in [3.63, 3.8) is 0 Å². The predicted octanol–water partition coefficient (Wildman–Crippen LogP) is 2.50. The maximum Gasteiger partial charge on any atom is 0.302 e. The predicted molar refractivity (Wildman–Crippen MR) is 113 cm³/mol. The van der Waals surface area contributed by atoms with E-state index in [0.717, 1.165) is 43.7 Å². The van der Waals surface area contributed by atoms with Crippen LogP contribution in [0.4, 0.5) is 0 Å². The molecular weight excluding hydrogens is 398 g/mol. The fourth-order valence-electron chi connectivity index (χ4n) is 5.97. The molecule has 0 radical (unpaired) electrons. The number of unbranched alkanes of at least 4 members (excludes halogenated alkanes) is 1. The summed E-state index contributed by atoms with van der Waals surface area (Å²) in [6.45, 7) is 3.65. The first kappa shape index (κ1) is 20.8. The second kappa shape index (κ2) is 8.45. The first-order valence-electron chi connectivity index (χ1n) is 11.3. The Morgan fingerprint density at radius 3 is 2.97 bits per heavy atom. The van der Waals surface area contributed by atoms with E-state index in [2.05, 4.69) is 23.5 Å². The molecule has 2 aliphatic carbocycles. The van der Waals surface area contributed by atoms with Crippen LogP contribution in [0, 0.1) is 5.92 Å². The zero-order chi connectivity index (χ0) is 21.4. The Kier molecular flexibility index (Phi) is 5.67. The quantitative estimate of drug-likeness (QED) is 0.280. The lowest BCUT2D eigenvalue weighted by atomic mass is 9.53. The summed E-state index contributed by atoms with van der Waals surface area (Å²) < 4.78 is 29.0. The number of ether oxygens (including phenoxy) is 5. The van der Waals surface area contributed by atoms with Crippen molar-refractivity contribution >= 4 is 5.97 Å². The Balaban J connectivity index is 1.39. The number of rotatable bonds is 9. The number of benzene rings is 1. The Hall–Kier alpha value is -2.09. The number of nitrogens with one attached hydrogen (secondary N) is 1. The summed E-state index contributed by atoms with van der Waals surface area (Å²) in [6.07, 6.45) is 8.00. The Morgan fingerprint density at radius 1 is 1.26 bits per heavy atom. The van der Waals surface area contributed by atoms with Gasteiger partial charge in [0.1, 0.15) is 12.2 Å². The summed E-state index contributed by atoms with van der Waals surface area (Å²) in [6, 6.07) is 4.62. The number of piperidine rings is 1. The number of carbonyl (C=O) groups excluding carboxylic acids is 1. The van der Waals surface area contributed by atoms with Gasteiger partial charge in [-0.15, -0.1) is 0 Å². The number of methoxy groups -OCH3 is 1. The molecule has 0 aromatic heterocycles. The minimum Gasteiger partial charge on any atom is -0.482 e. The molecular formula is C24H31NO6. The minimum atomic E-state index is -0.238. The summed E-state index contributed by atoms with van der Waals surface area (Å²) in [7, 11) is 1.62. The van der Waals surface area contributed by atoms with Crippen molar-refractivity contribution in [1.82, 2.24) is 5.32 Å². The molecule has 4 aliphatic rings. The Bertz CT molecular complexity index is 870. The third kappa shape index (κ3) is 3.43. The molecule has 0 amide bonds. The molecule has 1 aromatic carbocycles. The van der Waals surface area contributed by atoms with Crippen LogP contribution in [-0.2, 0) is 30.8 Å². The lowest BCUT2D eigenvalue weighted by Crippen LogP contribution is -2.64. The van der Waals surface area contributed by atoms with E-state index < -0.39 is 0 Å². The number of carbonyl (C=O) groups is 1. The monoisotopic (exact) mass is 429 g/mol. The van der Waals surface area contributed by atoms with E-state index in [1.54, 1.807) is 7.11 Å². The molecule has 7 nitrogen and oxygen atoms in total. The van der Waals surface area contributed by atoms with Crippen LogP contribution in [0.25, 0.3) is 0 Å². The molecule has 2 bridgehead atoms. The summed E-state index contributed by atoms with van der Waals surface area (Å²) in [5.74, 6) is 1.78. The zero-order valence-electron chi connectivity index (χ0n) is 18.2. The van der Waals surface area contributed by atoms with Gasteiger partial charge in [-0.05, 0) is 43.9 Å². The summed E-state index contributed by atoms with van der Waals surface area (Å²) in [4.78, 5) is 10.9. The molecule has 2 aliphatic heterocycles. The van der Waals surface area contributed by atoms with E-state index in [1.165, 1.54) is 18.1 Å². The minimum absolute atomic E-state index is 0.0677. The molecule has 7 heteroatoms. The first-order chi connectivity index (χ1) is 15.1. The average molecular weight is 430 g/mol. The van der Waals surface area contributed by atoms with Gasteiger partial charge in [0.25, 0.3) is 0 Å². The first-order valence-corrected chi connectivity index (χ1v) is 11.3. The van der Waals surface area contributed by atoms with Crippen molar-refractivity contribution in [3.8, 4) is 11.5 Å². The van der Waals surface area contributed by atoms with Crippen LogP contribution >= 0.6 is 0 Å². The molecule has 1 aromatic rings. The van der Waals surface area contributed by atoms with Crippen LogP contribution in [0.5, 0.6) is 11.5 Å². The molecule has 1 fully saturated rings. The fraction of sp³-hybridized carbons (Fsp3) is 0.625. The fourth-order valence-corrected chi connectivity index (χ4v) is 5.97. The van der Waals surface area contributed by atoms with Crippen LogP contribution in [-0.4, -0.2) is 57.9 Å². The lowest BCUT2D eigenvalue weighted by Gasteiger charge is -2.54. The van der Waals surface area contributed by atoms with Crippen LogP contribution < -0.4 is 14.8 Å². The molecule has 31 heavy (non-hydrogen) atoms. The van der Waals surface area contributed by atoms with Crippen molar-refractivity contribution in [2.45, 2.75) is 56.3 Å². The highest BCUT2D eigenvalue weighted by molar-refractivity contribution is 5.65. The number of esters is 1. The van der Waals surface area contributed by atoms with Gasteiger partial charge in [0.2, 0.25) is 0 Å². The maximum atomic E-state index is 10.9. The molecule has 1 N–H and O–H groups in total. The summed E-state index contributed by atoms with van der Waals surface area (Å²) in [5, 5.41) is 3.73. The second-order valence-corrected chi connectivity index (χ2v) is 8.86. The van der Waals surface area contributed by atoms with E-state index in [9.17, 15) is 4.79 Å². The smallest absolute Gasteiger partial charge is 0.302 e. The highest BCUT2D eigenvalue weighted by Gasteiger charge is 2.63. The van der Waals surface area contributed by atoms with Gasteiger partial charge in [0.15, 0.2) is 18.3 Å². The molecule has 5 atom stereocenters. The molecule has 5 rings (SSSR count). The van der Waals surface area contributed by atoms with Gasteiger partial charge in [0, 0.05) is 43.6 Å². The van der Waals surface area contributed by atoms with E-state index in [0.29, 0.717) is 25.2 Å². The van der Waals surface area contributed by atoms with Crippen LogP contribution in [0.1, 0.15) is 37.3 Å². The molecule has 1 saturated heterocycles. The highest BCUT2D eigenvalue weighted by atomic mass is 16.7. The highest BCUT2D eigenvalue weighted by Crippen LogP contribution is 2.61. The van der Waals surface area contributed by atoms with Gasteiger partial charge in [-0.2, -0.15) is 0 Å². The summed E-state index contributed by atoms with van der Waals surface area (Å²) >= 11 is 0. The van der Waals surface area contributed by atoms with Crippen molar-refractivity contribution in [3.05, 3.63) is 35.4 Å². The Labute approximate surface area is 183 Å². The summed E-state index contributed by atoms with van der Waals surface area (Å²) in [5.41, 5.74) is 2.59. The molecule has 0 saturated carbocycles. The van der Waals surface area contributed by atoms with Gasteiger partial charge in [-0.3, -0.25) is 4.79 Å². The van der Waals surface area contributed by atoms with E-state index in [4.69, 9.17) is 23.7 Å². The van der Waals surface area contributed by atoms with Crippen LogP contribution in [0.2, 0.25) is 0 Å². The lowest BCUT2D eigenvalue weighted by molar-refractivity contribution is -0.141. The number of hydrogen-bond acceptors (Lipinski definition) is 7. The second-order valence-electron chi connectivity index (χ2n) is 8.86. The van der Waals surface area contributed by atoms with Gasteiger partial charge >= 0.3 is 5.97 Å². The third-order valence-electron chi connectivity index (χ3n) is 7.13. The van der Waals surface area contributed by atoms with Crippen molar-refractivity contribution in [1.29, 1.82) is 0 Å². The third-order valence-corrected chi connectivity index (χ3v) is 7.13. The van der Waals surface area contributed by atoms with Crippen LogP contribution in [0.15, 0.2) is 24.3 Å². The van der Waals surface area contributed by atoms with E-state index >= 15 is 0 Å². The Morgan fingerprint density at radius 2 is 2.13 bits per heavy atom. The molecule has 168 valence electrons. The van der Waals surface area contributed by atoms with Crippen molar-refractivity contribution < 1.29 is 28.5 Å². The molecule has 1 spiro atoms. The molecule has 2 heterocycles. The van der Waals surface area contributed by atoms with Crippen LogP contribution in [0.3, 0.4) is 0 Å².